The number of benzene rings is 1. The SMILES string of the molecule is O=S(=O)(Nc1ncc(-c2ccccc2)s1)c1ccc(-c2ccon2)s1. The predicted octanol–water partition coefficient (Wildman–Crippen LogP) is 4.33. The Bertz CT molecular complexity index is 1080. The first-order chi connectivity index (χ1) is 12.1. The van der Waals surface area contributed by atoms with Crippen LogP contribution in [-0.2, 0) is 10.0 Å². The van der Waals surface area contributed by atoms with Gasteiger partial charge in [-0.1, -0.05) is 46.8 Å². The lowest BCUT2D eigenvalue weighted by Gasteiger charge is -2.01. The Morgan fingerprint density at radius 2 is 1.80 bits per heavy atom. The zero-order valence-electron chi connectivity index (χ0n) is 12.6. The molecule has 0 aliphatic rings. The predicted molar refractivity (Wildman–Crippen MR) is 98.2 cm³/mol. The largest absolute Gasteiger partial charge is 0.364 e. The first kappa shape index (κ1) is 16.0. The summed E-state index contributed by atoms with van der Waals surface area (Å²) >= 11 is 2.41. The van der Waals surface area contributed by atoms with Crippen molar-refractivity contribution in [1.29, 1.82) is 0 Å². The maximum atomic E-state index is 12.6. The Balaban J connectivity index is 1.57. The van der Waals surface area contributed by atoms with Crippen molar-refractivity contribution in [2.45, 2.75) is 4.21 Å². The highest BCUT2D eigenvalue weighted by Gasteiger charge is 2.20. The Kier molecular flexibility index (Phi) is 4.12. The van der Waals surface area contributed by atoms with E-state index < -0.39 is 10.0 Å². The number of thiophene rings is 1. The van der Waals surface area contributed by atoms with Crippen LogP contribution in [0.1, 0.15) is 0 Å². The number of sulfonamides is 1. The Morgan fingerprint density at radius 3 is 2.56 bits per heavy atom. The van der Waals surface area contributed by atoms with E-state index in [0.717, 1.165) is 26.7 Å². The molecule has 126 valence electrons. The highest BCUT2D eigenvalue weighted by atomic mass is 32.2. The smallest absolute Gasteiger partial charge is 0.273 e. The number of hydrogen-bond donors (Lipinski definition) is 1. The average molecular weight is 389 g/mol. The van der Waals surface area contributed by atoms with Crippen LogP contribution in [0.2, 0.25) is 0 Å². The molecule has 6 nitrogen and oxygen atoms in total. The molecule has 3 heterocycles. The summed E-state index contributed by atoms with van der Waals surface area (Å²) in [5.74, 6) is 0. The van der Waals surface area contributed by atoms with Gasteiger partial charge in [-0.05, 0) is 17.7 Å². The molecule has 4 rings (SSSR count). The lowest BCUT2D eigenvalue weighted by molar-refractivity contribution is 0.422. The van der Waals surface area contributed by atoms with Crippen LogP contribution >= 0.6 is 22.7 Å². The van der Waals surface area contributed by atoms with Gasteiger partial charge in [-0.2, -0.15) is 0 Å². The van der Waals surface area contributed by atoms with Gasteiger partial charge in [-0.15, -0.1) is 11.3 Å². The molecule has 0 fully saturated rings. The molecule has 0 unspecified atom stereocenters. The second-order valence-corrected chi connectivity index (χ2v) is 9.03. The number of rotatable bonds is 5. The van der Waals surface area contributed by atoms with E-state index in [1.54, 1.807) is 24.4 Å². The molecule has 0 bridgehead atoms. The maximum absolute atomic E-state index is 12.6. The molecule has 4 aromatic rings. The molecule has 0 radical (unpaired) electrons. The molecule has 0 saturated carbocycles. The number of nitrogens with zero attached hydrogens (tertiary/aromatic N) is 2. The standard InChI is InChI=1S/C16H11N3O3S3/c20-25(21,15-7-6-13(23-15)12-8-9-22-18-12)19-16-17-10-14(24-16)11-4-2-1-3-5-11/h1-10H,(H,17,19). The molecule has 0 aliphatic heterocycles. The first-order valence-electron chi connectivity index (χ1n) is 7.16. The van der Waals surface area contributed by atoms with E-state index in [4.69, 9.17) is 4.52 Å². The molecule has 3 aromatic heterocycles. The van der Waals surface area contributed by atoms with E-state index in [1.807, 2.05) is 30.3 Å². The minimum absolute atomic E-state index is 0.196. The van der Waals surface area contributed by atoms with Crippen LogP contribution in [0.3, 0.4) is 0 Å². The van der Waals surface area contributed by atoms with Gasteiger partial charge in [0, 0.05) is 12.3 Å². The quantitative estimate of drug-likeness (QED) is 0.549. The van der Waals surface area contributed by atoms with Crippen molar-refractivity contribution < 1.29 is 12.9 Å². The van der Waals surface area contributed by atoms with Crippen LogP contribution in [0.4, 0.5) is 5.13 Å². The van der Waals surface area contributed by atoms with Crippen LogP contribution in [0, 0.1) is 0 Å². The summed E-state index contributed by atoms with van der Waals surface area (Å²) in [6.07, 6.45) is 3.11. The third-order valence-electron chi connectivity index (χ3n) is 3.32. The van der Waals surface area contributed by atoms with Crippen LogP contribution in [0.5, 0.6) is 0 Å². The average Bonchev–Trinajstić information content (AvgIpc) is 3.36. The first-order valence-corrected chi connectivity index (χ1v) is 10.3. The van der Waals surface area contributed by atoms with Crippen molar-refractivity contribution >= 4 is 37.8 Å². The lowest BCUT2D eigenvalue weighted by atomic mass is 10.2. The summed E-state index contributed by atoms with van der Waals surface area (Å²) in [4.78, 5) is 5.78. The zero-order chi connectivity index (χ0) is 17.3. The second-order valence-electron chi connectivity index (χ2n) is 5.00. The van der Waals surface area contributed by atoms with Crippen LogP contribution in [0.15, 0.2) is 69.7 Å². The van der Waals surface area contributed by atoms with Gasteiger partial charge in [0.2, 0.25) is 0 Å². The van der Waals surface area contributed by atoms with Crippen molar-refractivity contribution in [1.82, 2.24) is 10.1 Å². The summed E-state index contributed by atoms with van der Waals surface area (Å²) in [5, 5.41) is 4.14. The fourth-order valence-corrected chi connectivity index (χ4v) is 5.50. The third kappa shape index (κ3) is 3.34. The van der Waals surface area contributed by atoms with Gasteiger partial charge in [0.1, 0.15) is 16.2 Å². The number of anilines is 1. The summed E-state index contributed by atoms with van der Waals surface area (Å²) < 4.78 is 32.6. The molecular weight excluding hydrogens is 378 g/mol. The molecular formula is C16H11N3O3S3. The summed E-state index contributed by atoms with van der Waals surface area (Å²) in [6, 6.07) is 14.6. The van der Waals surface area contributed by atoms with Crippen molar-refractivity contribution in [3.63, 3.8) is 0 Å². The minimum Gasteiger partial charge on any atom is -0.364 e. The molecule has 0 spiro atoms. The zero-order valence-corrected chi connectivity index (χ0v) is 15.1. The summed E-state index contributed by atoms with van der Waals surface area (Å²) in [7, 11) is -3.69. The number of aromatic nitrogens is 2. The number of hydrogen-bond acceptors (Lipinski definition) is 7. The summed E-state index contributed by atoms with van der Waals surface area (Å²) in [6.45, 7) is 0. The van der Waals surface area contributed by atoms with Gasteiger partial charge in [-0.25, -0.2) is 13.4 Å². The maximum Gasteiger partial charge on any atom is 0.273 e. The third-order valence-corrected chi connectivity index (χ3v) is 7.35. The van der Waals surface area contributed by atoms with Crippen LogP contribution in [0.25, 0.3) is 21.0 Å². The van der Waals surface area contributed by atoms with Crippen LogP contribution in [-0.4, -0.2) is 18.6 Å². The number of thiazole rings is 1. The molecule has 0 aliphatic carbocycles. The Labute approximate surface area is 151 Å². The molecule has 9 heteroatoms. The Hall–Kier alpha value is -2.49. The molecule has 1 aromatic carbocycles. The minimum atomic E-state index is -3.69. The van der Waals surface area contributed by atoms with Crippen molar-refractivity contribution in [2.75, 3.05) is 4.72 Å². The van der Waals surface area contributed by atoms with Gasteiger partial charge in [0.05, 0.1) is 9.75 Å². The highest BCUT2D eigenvalue weighted by Crippen LogP contribution is 2.33. The van der Waals surface area contributed by atoms with Crippen molar-refractivity contribution in [2.24, 2.45) is 0 Å². The van der Waals surface area contributed by atoms with Gasteiger partial charge >= 0.3 is 0 Å². The monoisotopic (exact) mass is 389 g/mol. The second kappa shape index (κ2) is 6.43. The van der Waals surface area contributed by atoms with E-state index in [1.165, 1.54) is 17.6 Å². The molecule has 1 N–H and O–H groups in total. The van der Waals surface area contributed by atoms with E-state index in [-0.39, 0.29) is 4.21 Å². The van der Waals surface area contributed by atoms with E-state index in [9.17, 15) is 8.42 Å². The van der Waals surface area contributed by atoms with E-state index in [2.05, 4.69) is 14.9 Å². The van der Waals surface area contributed by atoms with Gasteiger partial charge in [0.25, 0.3) is 10.0 Å². The van der Waals surface area contributed by atoms with E-state index in [0.29, 0.717) is 10.8 Å². The summed E-state index contributed by atoms with van der Waals surface area (Å²) in [5.41, 5.74) is 1.60. The molecule has 0 atom stereocenters. The highest BCUT2D eigenvalue weighted by molar-refractivity contribution is 7.95. The van der Waals surface area contributed by atoms with E-state index >= 15 is 0 Å². The van der Waals surface area contributed by atoms with Gasteiger partial charge in [0.15, 0.2) is 5.13 Å². The number of nitrogens with one attached hydrogen (secondary N) is 1. The fraction of sp³-hybridized carbons (Fsp3) is 0. The lowest BCUT2D eigenvalue weighted by Crippen LogP contribution is -2.10. The Morgan fingerprint density at radius 1 is 0.960 bits per heavy atom. The van der Waals surface area contributed by atoms with Crippen molar-refractivity contribution in [3.8, 4) is 21.0 Å². The molecule has 0 saturated heterocycles. The van der Waals surface area contributed by atoms with Gasteiger partial charge < -0.3 is 4.52 Å². The fourth-order valence-electron chi connectivity index (χ4n) is 2.16. The van der Waals surface area contributed by atoms with Crippen molar-refractivity contribution in [3.05, 3.63) is 61.0 Å². The van der Waals surface area contributed by atoms with Crippen LogP contribution < -0.4 is 4.72 Å². The molecule has 25 heavy (non-hydrogen) atoms. The molecule has 0 amide bonds. The topological polar surface area (TPSA) is 85.1 Å². The normalized spacial score (nSPS) is 11.5. The van der Waals surface area contributed by atoms with Gasteiger partial charge in [-0.3, -0.25) is 4.72 Å².